The topological polar surface area (TPSA) is 107 Å². The molecule has 3 aromatic rings. The molecule has 0 aliphatic carbocycles. The molecule has 3 rings (SSSR count). The second-order valence-corrected chi connectivity index (χ2v) is 7.05. The van der Waals surface area contributed by atoms with Gasteiger partial charge in [0.1, 0.15) is 5.69 Å². The Kier molecular flexibility index (Phi) is 6.03. The predicted molar refractivity (Wildman–Crippen MR) is 105 cm³/mol. The Balaban J connectivity index is 1.71. The Morgan fingerprint density at radius 2 is 1.93 bits per heavy atom. The van der Waals surface area contributed by atoms with Crippen LogP contribution in [0.25, 0.3) is 11.4 Å². The maximum absolute atomic E-state index is 12.5. The van der Waals surface area contributed by atoms with Crippen LogP contribution in [-0.4, -0.2) is 33.2 Å². The number of nitrogens with one attached hydrogen (secondary N) is 1. The Morgan fingerprint density at radius 3 is 2.62 bits per heavy atom. The van der Waals surface area contributed by atoms with Gasteiger partial charge in [-0.1, -0.05) is 28.9 Å². The molecular weight excluding hydrogens is 398 g/mol. The molecule has 0 amide bonds. The average Bonchev–Trinajstić information content (AvgIpc) is 3.24. The van der Waals surface area contributed by atoms with Crippen molar-refractivity contribution in [2.24, 2.45) is 0 Å². The molecule has 0 radical (unpaired) electrons. The van der Waals surface area contributed by atoms with Gasteiger partial charge >= 0.3 is 11.9 Å². The third kappa shape index (κ3) is 4.48. The number of hydrogen-bond donors (Lipinski definition) is 1. The number of hydrogen-bond acceptors (Lipinski definition) is 7. The number of carbonyl (C=O) groups is 2. The van der Waals surface area contributed by atoms with E-state index in [1.165, 1.54) is 0 Å². The number of aromatic nitrogens is 3. The van der Waals surface area contributed by atoms with Crippen LogP contribution in [-0.2, 0) is 16.1 Å². The normalized spacial score (nSPS) is 11.0. The lowest BCUT2D eigenvalue weighted by Gasteiger charge is -2.08. The molecule has 1 aromatic carbocycles. The third-order valence-corrected chi connectivity index (χ3v) is 4.43. The molecule has 0 aliphatic heterocycles. The van der Waals surface area contributed by atoms with Gasteiger partial charge in [0.15, 0.2) is 6.61 Å². The Hall–Kier alpha value is -3.13. The van der Waals surface area contributed by atoms with E-state index in [1.54, 1.807) is 52.0 Å². The fourth-order valence-corrected chi connectivity index (χ4v) is 3.02. The van der Waals surface area contributed by atoms with Gasteiger partial charge in [0.2, 0.25) is 5.82 Å². The molecule has 0 unspecified atom stereocenters. The van der Waals surface area contributed by atoms with E-state index in [-0.39, 0.29) is 24.3 Å². The van der Waals surface area contributed by atoms with Gasteiger partial charge in [-0.25, -0.2) is 9.59 Å². The quantitative estimate of drug-likeness (QED) is 0.597. The zero-order chi connectivity index (χ0) is 21.1. The zero-order valence-electron chi connectivity index (χ0n) is 16.4. The largest absolute Gasteiger partial charge is 0.459 e. The summed E-state index contributed by atoms with van der Waals surface area (Å²) in [5.41, 5.74) is 2.09. The molecule has 0 bridgehead atoms. The lowest BCUT2D eigenvalue weighted by atomic mass is 10.1. The minimum atomic E-state index is -0.647. The number of benzene rings is 1. The lowest BCUT2D eigenvalue weighted by Crippen LogP contribution is -2.13. The number of aromatic amines is 1. The van der Waals surface area contributed by atoms with E-state index in [1.807, 2.05) is 0 Å². The van der Waals surface area contributed by atoms with E-state index in [2.05, 4.69) is 15.1 Å². The molecule has 0 spiro atoms. The highest BCUT2D eigenvalue weighted by Crippen LogP contribution is 2.25. The van der Waals surface area contributed by atoms with E-state index >= 15 is 0 Å². The monoisotopic (exact) mass is 417 g/mol. The van der Waals surface area contributed by atoms with Crippen LogP contribution in [0.4, 0.5) is 0 Å². The van der Waals surface area contributed by atoms with Crippen LogP contribution >= 0.6 is 11.6 Å². The van der Waals surface area contributed by atoms with Crippen molar-refractivity contribution < 1.29 is 23.6 Å². The first kappa shape index (κ1) is 20.6. The van der Waals surface area contributed by atoms with E-state index in [0.717, 1.165) is 0 Å². The highest BCUT2D eigenvalue weighted by molar-refractivity contribution is 6.33. The highest BCUT2D eigenvalue weighted by atomic mass is 35.5. The molecular formula is C20H20ClN3O5. The minimum Gasteiger partial charge on any atom is -0.459 e. The summed E-state index contributed by atoms with van der Waals surface area (Å²) in [6, 6.07) is 7.06. The number of esters is 2. The van der Waals surface area contributed by atoms with Gasteiger partial charge in [-0.3, -0.25) is 0 Å². The van der Waals surface area contributed by atoms with Crippen molar-refractivity contribution >= 4 is 23.5 Å². The van der Waals surface area contributed by atoms with E-state index in [0.29, 0.717) is 33.2 Å². The van der Waals surface area contributed by atoms with Gasteiger partial charge in [-0.2, -0.15) is 4.98 Å². The summed E-state index contributed by atoms with van der Waals surface area (Å²) in [6.45, 7) is 6.63. The maximum atomic E-state index is 12.5. The van der Waals surface area contributed by atoms with Crippen LogP contribution in [0.3, 0.4) is 0 Å². The van der Waals surface area contributed by atoms with Crippen molar-refractivity contribution in [2.45, 2.75) is 40.4 Å². The van der Waals surface area contributed by atoms with Crippen LogP contribution in [0.5, 0.6) is 0 Å². The zero-order valence-corrected chi connectivity index (χ0v) is 17.2. The standard InChI is InChI=1S/C20H20ClN3O5/c1-10(2)28-19(25)16-11(3)17(22-12(16)4)20(26)27-9-15-23-18(24-29-15)13-7-5-6-8-14(13)21/h5-8,10,22H,9H2,1-4H3. The number of nitrogens with zero attached hydrogens (tertiary/aromatic N) is 2. The van der Waals surface area contributed by atoms with Crippen LogP contribution < -0.4 is 0 Å². The summed E-state index contributed by atoms with van der Waals surface area (Å²) < 4.78 is 15.6. The van der Waals surface area contributed by atoms with Crippen molar-refractivity contribution in [3.8, 4) is 11.4 Å². The molecule has 2 heterocycles. The molecule has 1 N–H and O–H groups in total. The van der Waals surface area contributed by atoms with Crippen molar-refractivity contribution in [2.75, 3.05) is 0 Å². The third-order valence-electron chi connectivity index (χ3n) is 4.10. The fraction of sp³-hybridized carbons (Fsp3) is 0.300. The minimum absolute atomic E-state index is 0.119. The molecule has 0 aliphatic rings. The van der Waals surface area contributed by atoms with Crippen LogP contribution in [0.2, 0.25) is 5.02 Å². The van der Waals surface area contributed by atoms with Gasteiger partial charge in [-0.15, -0.1) is 0 Å². The number of aryl methyl sites for hydroxylation is 1. The summed E-state index contributed by atoms with van der Waals surface area (Å²) in [7, 11) is 0. The van der Waals surface area contributed by atoms with Gasteiger partial charge in [0, 0.05) is 11.3 Å². The summed E-state index contributed by atoms with van der Waals surface area (Å²) in [5.74, 6) is -0.723. The average molecular weight is 418 g/mol. The first-order valence-electron chi connectivity index (χ1n) is 8.92. The summed E-state index contributed by atoms with van der Waals surface area (Å²) in [4.78, 5) is 31.8. The molecule has 0 atom stereocenters. The molecule has 2 aromatic heterocycles. The number of carbonyl (C=O) groups excluding carboxylic acids is 2. The van der Waals surface area contributed by atoms with Crippen molar-refractivity contribution in [1.29, 1.82) is 0 Å². The molecule has 9 heteroatoms. The SMILES string of the molecule is Cc1[nH]c(C(=O)OCc2nc(-c3ccccc3Cl)no2)c(C)c1C(=O)OC(C)C. The maximum Gasteiger partial charge on any atom is 0.355 e. The van der Waals surface area contributed by atoms with Gasteiger partial charge in [0.25, 0.3) is 5.89 Å². The Labute approximate surface area is 172 Å². The van der Waals surface area contributed by atoms with Crippen LogP contribution in [0.1, 0.15) is 51.8 Å². The van der Waals surface area contributed by atoms with Crippen molar-refractivity contribution in [1.82, 2.24) is 15.1 Å². The van der Waals surface area contributed by atoms with Gasteiger partial charge in [0.05, 0.1) is 16.7 Å². The smallest absolute Gasteiger partial charge is 0.355 e. The molecule has 8 nitrogen and oxygen atoms in total. The predicted octanol–water partition coefficient (Wildman–Crippen LogP) is 4.26. The molecule has 0 saturated carbocycles. The molecule has 29 heavy (non-hydrogen) atoms. The second-order valence-electron chi connectivity index (χ2n) is 6.65. The Bertz CT molecular complexity index is 1050. The lowest BCUT2D eigenvalue weighted by molar-refractivity contribution is 0.0376. The van der Waals surface area contributed by atoms with Crippen LogP contribution in [0.15, 0.2) is 28.8 Å². The highest BCUT2D eigenvalue weighted by Gasteiger charge is 2.25. The van der Waals surface area contributed by atoms with E-state index in [4.69, 9.17) is 25.6 Å². The number of rotatable bonds is 6. The Morgan fingerprint density at radius 1 is 1.21 bits per heavy atom. The van der Waals surface area contributed by atoms with E-state index < -0.39 is 11.9 Å². The van der Waals surface area contributed by atoms with Gasteiger partial charge < -0.3 is 19.0 Å². The van der Waals surface area contributed by atoms with Gasteiger partial charge in [-0.05, 0) is 45.4 Å². The first-order chi connectivity index (χ1) is 13.8. The second kappa shape index (κ2) is 8.48. The van der Waals surface area contributed by atoms with E-state index in [9.17, 15) is 9.59 Å². The van der Waals surface area contributed by atoms with Crippen LogP contribution in [0, 0.1) is 13.8 Å². The summed E-state index contributed by atoms with van der Waals surface area (Å²) >= 11 is 6.12. The molecule has 152 valence electrons. The summed E-state index contributed by atoms with van der Waals surface area (Å²) in [5, 5.41) is 4.34. The molecule has 0 saturated heterocycles. The van der Waals surface area contributed by atoms with Crippen molar-refractivity contribution in [3.63, 3.8) is 0 Å². The number of H-pyrrole nitrogens is 1. The van der Waals surface area contributed by atoms with Crippen molar-refractivity contribution in [3.05, 3.63) is 57.7 Å². The fourth-order valence-electron chi connectivity index (χ4n) is 2.80. The number of ether oxygens (including phenoxy) is 2. The molecule has 0 fully saturated rings. The summed E-state index contributed by atoms with van der Waals surface area (Å²) in [6.07, 6.45) is -0.267. The first-order valence-corrected chi connectivity index (χ1v) is 9.30. The number of halogens is 1.